The van der Waals surface area contributed by atoms with Gasteiger partial charge in [0, 0.05) is 18.0 Å². The van der Waals surface area contributed by atoms with Crippen LogP contribution in [0.25, 0.3) is 0 Å². The first-order valence-electron chi connectivity index (χ1n) is 11.6. The minimum Gasteiger partial charge on any atom is -0.497 e. The zero-order chi connectivity index (χ0) is 25.0. The molecule has 3 aromatic rings. The second-order valence-electron chi connectivity index (χ2n) is 8.46. The molecule has 35 heavy (non-hydrogen) atoms. The van der Waals surface area contributed by atoms with Crippen LogP contribution in [-0.2, 0) is 21.2 Å². The highest BCUT2D eigenvalue weighted by atomic mass is 32.2. The number of hydrogen-bond acceptors (Lipinski definition) is 5. The molecule has 0 saturated heterocycles. The lowest BCUT2D eigenvalue weighted by Gasteiger charge is -2.37. The Kier molecular flexibility index (Phi) is 7.88. The van der Waals surface area contributed by atoms with Crippen LogP contribution < -0.4 is 4.74 Å². The van der Waals surface area contributed by atoms with Crippen molar-refractivity contribution in [1.29, 1.82) is 0 Å². The van der Waals surface area contributed by atoms with E-state index in [0.717, 1.165) is 17.5 Å². The van der Waals surface area contributed by atoms with E-state index in [1.54, 1.807) is 40.5 Å². The number of hydrogen-bond donors (Lipinski definition) is 0. The predicted octanol–water partition coefficient (Wildman–Crippen LogP) is 4.86. The lowest BCUT2D eigenvalue weighted by molar-refractivity contribution is -0.133. The van der Waals surface area contributed by atoms with Crippen molar-refractivity contribution in [3.8, 4) is 5.75 Å². The van der Waals surface area contributed by atoms with E-state index in [-0.39, 0.29) is 35.8 Å². The topological polar surface area (TPSA) is 66.9 Å². The first kappa shape index (κ1) is 25.3. The number of nitrogens with zero attached hydrogens (tertiary/aromatic N) is 2. The Labute approximate surface area is 210 Å². The van der Waals surface area contributed by atoms with E-state index in [4.69, 9.17) is 4.74 Å². The Morgan fingerprint density at radius 2 is 1.86 bits per heavy atom. The van der Waals surface area contributed by atoms with Gasteiger partial charge in [0.15, 0.2) is 0 Å². The third kappa shape index (κ3) is 5.42. The van der Waals surface area contributed by atoms with Crippen molar-refractivity contribution in [1.82, 2.24) is 9.21 Å². The molecule has 0 saturated carbocycles. The molecule has 2 aromatic carbocycles. The number of halogens is 1. The number of carbonyl (C=O) groups excluding carboxylic acids is 1. The normalized spacial score (nSPS) is 15.8. The highest BCUT2D eigenvalue weighted by Crippen LogP contribution is 2.38. The van der Waals surface area contributed by atoms with E-state index < -0.39 is 10.0 Å². The van der Waals surface area contributed by atoms with Crippen LogP contribution in [0.5, 0.6) is 5.75 Å². The minimum absolute atomic E-state index is 0.121. The lowest BCUT2D eigenvalue weighted by Crippen LogP contribution is -2.47. The largest absolute Gasteiger partial charge is 0.497 e. The quantitative estimate of drug-likeness (QED) is 0.407. The smallest absolute Gasteiger partial charge is 0.243 e. The molecular weight excluding hydrogens is 487 g/mol. The third-order valence-electron chi connectivity index (χ3n) is 6.24. The number of ether oxygens (including phenoxy) is 1. The summed E-state index contributed by atoms with van der Waals surface area (Å²) in [5, 5.41) is 2.00. The Hall–Kier alpha value is -2.75. The molecule has 0 N–H and O–H groups in total. The van der Waals surface area contributed by atoms with Crippen molar-refractivity contribution < 1.29 is 22.3 Å². The molecule has 0 fully saturated rings. The van der Waals surface area contributed by atoms with Gasteiger partial charge in [-0.25, -0.2) is 12.8 Å². The SMILES string of the molecule is CCCCN(CC(=O)N1CCc2sccc2C1c1ccc(F)cc1)S(=O)(=O)c1ccc(OC)cc1. The molecule has 186 valence electrons. The fraction of sp³-hybridized carbons (Fsp3) is 0.346. The van der Waals surface area contributed by atoms with Crippen molar-refractivity contribution >= 4 is 27.3 Å². The van der Waals surface area contributed by atoms with Gasteiger partial charge in [0.2, 0.25) is 15.9 Å². The summed E-state index contributed by atoms with van der Waals surface area (Å²) < 4.78 is 47.0. The molecule has 2 heterocycles. The standard InChI is InChI=1S/C26H29FN2O4S2/c1-3-4-15-28(35(31,32)22-11-9-21(33-2)10-12-22)18-25(30)29-16-13-24-23(14-17-34-24)26(29)19-5-7-20(27)8-6-19/h5-12,14,17,26H,3-4,13,15-16,18H2,1-2H3. The molecule has 0 aliphatic carbocycles. The van der Waals surface area contributed by atoms with Gasteiger partial charge in [0.1, 0.15) is 11.6 Å². The number of unbranched alkanes of at least 4 members (excludes halogenated alkanes) is 1. The van der Waals surface area contributed by atoms with Crippen LogP contribution in [-0.4, -0.2) is 50.3 Å². The number of sulfonamides is 1. The molecule has 0 spiro atoms. The van der Waals surface area contributed by atoms with Gasteiger partial charge in [-0.2, -0.15) is 4.31 Å². The van der Waals surface area contributed by atoms with Crippen LogP contribution in [0.4, 0.5) is 4.39 Å². The van der Waals surface area contributed by atoms with E-state index in [9.17, 15) is 17.6 Å². The summed E-state index contributed by atoms with van der Waals surface area (Å²) in [6.07, 6.45) is 2.14. The van der Waals surface area contributed by atoms with E-state index in [1.807, 2.05) is 18.4 Å². The Bertz CT molecular complexity index is 1260. The maximum atomic E-state index is 13.7. The van der Waals surface area contributed by atoms with Gasteiger partial charge in [-0.3, -0.25) is 4.79 Å². The Morgan fingerprint density at radius 3 is 2.51 bits per heavy atom. The maximum Gasteiger partial charge on any atom is 0.243 e. The fourth-order valence-corrected chi connectivity index (χ4v) is 6.68. The molecule has 0 radical (unpaired) electrons. The van der Waals surface area contributed by atoms with Crippen LogP contribution in [0.15, 0.2) is 64.9 Å². The number of benzene rings is 2. The van der Waals surface area contributed by atoms with Crippen molar-refractivity contribution in [3.63, 3.8) is 0 Å². The second kappa shape index (κ2) is 10.9. The van der Waals surface area contributed by atoms with Gasteiger partial charge in [-0.15, -0.1) is 11.3 Å². The number of rotatable bonds is 9. The number of carbonyl (C=O) groups is 1. The van der Waals surface area contributed by atoms with Crippen LogP contribution in [0, 0.1) is 5.82 Å². The first-order chi connectivity index (χ1) is 16.8. The molecule has 0 bridgehead atoms. The number of fused-ring (bicyclic) bond motifs is 1. The minimum atomic E-state index is -3.89. The molecule has 6 nitrogen and oxygen atoms in total. The number of amides is 1. The zero-order valence-electron chi connectivity index (χ0n) is 19.8. The Morgan fingerprint density at radius 1 is 1.14 bits per heavy atom. The van der Waals surface area contributed by atoms with E-state index in [0.29, 0.717) is 25.1 Å². The summed E-state index contributed by atoms with van der Waals surface area (Å²) >= 11 is 1.64. The van der Waals surface area contributed by atoms with Crippen molar-refractivity contribution in [2.45, 2.75) is 37.1 Å². The highest BCUT2D eigenvalue weighted by Gasteiger charge is 2.35. The summed E-state index contributed by atoms with van der Waals surface area (Å²) in [7, 11) is -2.37. The lowest BCUT2D eigenvalue weighted by atomic mass is 9.93. The summed E-state index contributed by atoms with van der Waals surface area (Å²) in [4.78, 5) is 16.7. The van der Waals surface area contributed by atoms with Gasteiger partial charge in [0.25, 0.3) is 0 Å². The predicted molar refractivity (Wildman–Crippen MR) is 135 cm³/mol. The van der Waals surface area contributed by atoms with Gasteiger partial charge in [-0.05, 0) is 71.8 Å². The number of methoxy groups -OCH3 is 1. The van der Waals surface area contributed by atoms with Crippen LogP contribution in [0.3, 0.4) is 0 Å². The van der Waals surface area contributed by atoms with E-state index >= 15 is 0 Å². The summed E-state index contributed by atoms with van der Waals surface area (Å²) in [6, 6.07) is 14.0. The zero-order valence-corrected chi connectivity index (χ0v) is 21.4. The molecule has 1 aliphatic rings. The van der Waals surface area contributed by atoms with Gasteiger partial charge in [0.05, 0.1) is 24.6 Å². The van der Waals surface area contributed by atoms with Crippen LogP contribution >= 0.6 is 11.3 Å². The van der Waals surface area contributed by atoms with Gasteiger partial charge in [-0.1, -0.05) is 25.5 Å². The monoisotopic (exact) mass is 516 g/mol. The molecule has 4 rings (SSSR count). The van der Waals surface area contributed by atoms with Crippen molar-refractivity contribution in [2.24, 2.45) is 0 Å². The van der Waals surface area contributed by atoms with Crippen molar-refractivity contribution in [2.75, 3.05) is 26.7 Å². The highest BCUT2D eigenvalue weighted by molar-refractivity contribution is 7.89. The molecule has 1 aromatic heterocycles. The summed E-state index contributed by atoms with van der Waals surface area (Å²) in [5.41, 5.74) is 1.82. The van der Waals surface area contributed by atoms with Gasteiger partial charge < -0.3 is 9.64 Å². The molecule has 1 amide bonds. The van der Waals surface area contributed by atoms with Crippen molar-refractivity contribution in [3.05, 3.63) is 81.8 Å². The first-order valence-corrected chi connectivity index (χ1v) is 13.9. The third-order valence-corrected chi connectivity index (χ3v) is 9.10. The van der Waals surface area contributed by atoms with Crippen LogP contribution in [0.1, 0.15) is 41.8 Å². The number of thiophene rings is 1. The Balaban J connectivity index is 1.64. The molecular formula is C26H29FN2O4S2. The molecule has 9 heteroatoms. The average Bonchev–Trinajstić information content (AvgIpc) is 3.35. The van der Waals surface area contributed by atoms with Gasteiger partial charge >= 0.3 is 0 Å². The second-order valence-corrected chi connectivity index (χ2v) is 11.4. The molecule has 1 unspecified atom stereocenters. The summed E-state index contributed by atoms with van der Waals surface area (Å²) in [5.74, 6) is -0.0594. The van der Waals surface area contributed by atoms with E-state index in [2.05, 4.69) is 0 Å². The molecule has 1 aliphatic heterocycles. The average molecular weight is 517 g/mol. The summed E-state index contributed by atoms with van der Waals surface area (Å²) in [6.45, 7) is 2.44. The fourth-order valence-electron chi connectivity index (χ4n) is 4.35. The van der Waals surface area contributed by atoms with Crippen LogP contribution in [0.2, 0.25) is 0 Å². The molecule has 1 atom stereocenters. The van der Waals surface area contributed by atoms with E-state index in [1.165, 1.54) is 40.6 Å². The maximum absolute atomic E-state index is 13.7.